The number of furan rings is 2. The minimum Gasteiger partial charge on any atom is -0.456 e. The van der Waals surface area contributed by atoms with Gasteiger partial charge in [-0.15, -0.1) is 0 Å². The van der Waals surface area contributed by atoms with Crippen LogP contribution >= 0.6 is 0 Å². The standard InChI is InChI=1S/C52H33NO2/c1-2-11-36(12-3-1)43-30-31-46-44-16-6-9-20-49(44)55-52(46)51(43)53(40-28-23-37(24-29-40)42-18-10-14-35-13-4-5-15-41(35)42)39-26-21-34(22-27-39)38-25-32-50-47(33-38)45-17-7-8-19-48(45)54-50/h1-33H. The summed E-state index contributed by atoms with van der Waals surface area (Å²) in [6, 6.07) is 71.0. The van der Waals surface area contributed by atoms with E-state index in [4.69, 9.17) is 8.83 Å². The molecular weight excluding hydrogens is 671 g/mol. The molecule has 0 spiro atoms. The number of nitrogens with zero attached hydrogens (tertiary/aromatic N) is 1. The third-order valence-electron chi connectivity index (χ3n) is 10.9. The highest BCUT2D eigenvalue weighted by Crippen LogP contribution is 2.48. The van der Waals surface area contributed by atoms with Gasteiger partial charge in [0.25, 0.3) is 0 Å². The average molecular weight is 704 g/mol. The normalized spacial score (nSPS) is 11.6. The summed E-state index contributed by atoms with van der Waals surface area (Å²) in [4.78, 5) is 2.36. The van der Waals surface area contributed by atoms with Gasteiger partial charge in [0, 0.05) is 38.5 Å². The van der Waals surface area contributed by atoms with Crippen LogP contribution in [0.4, 0.5) is 17.1 Å². The fraction of sp³-hybridized carbons (Fsp3) is 0. The highest BCUT2D eigenvalue weighted by Gasteiger charge is 2.24. The van der Waals surface area contributed by atoms with Gasteiger partial charge >= 0.3 is 0 Å². The smallest absolute Gasteiger partial charge is 0.160 e. The van der Waals surface area contributed by atoms with E-state index in [1.807, 2.05) is 18.2 Å². The molecule has 9 aromatic carbocycles. The second-order valence-electron chi connectivity index (χ2n) is 14.1. The van der Waals surface area contributed by atoms with Crippen LogP contribution in [0, 0.1) is 0 Å². The summed E-state index contributed by atoms with van der Waals surface area (Å²) in [7, 11) is 0. The number of anilines is 3. The molecule has 0 saturated carbocycles. The molecule has 11 rings (SSSR count). The molecule has 0 saturated heterocycles. The minimum atomic E-state index is 0.849. The van der Waals surface area contributed by atoms with Crippen molar-refractivity contribution < 1.29 is 8.83 Å². The number of hydrogen-bond donors (Lipinski definition) is 0. The van der Waals surface area contributed by atoms with Crippen LogP contribution in [-0.4, -0.2) is 0 Å². The molecule has 0 aliphatic heterocycles. The van der Waals surface area contributed by atoms with Crippen molar-refractivity contribution in [3.8, 4) is 33.4 Å². The molecule has 0 amide bonds. The largest absolute Gasteiger partial charge is 0.456 e. The topological polar surface area (TPSA) is 29.5 Å². The van der Waals surface area contributed by atoms with Crippen molar-refractivity contribution in [3.63, 3.8) is 0 Å². The van der Waals surface area contributed by atoms with E-state index in [0.717, 1.165) is 83.2 Å². The fourth-order valence-corrected chi connectivity index (χ4v) is 8.23. The lowest BCUT2D eigenvalue weighted by molar-refractivity contribution is 0.668. The quantitative estimate of drug-likeness (QED) is 0.173. The van der Waals surface area contributed by atoms with Crippen LogP contribution in [-0.2, 0) is 0 Å². The number of benzene rings is 9. The molecule has 0 aliphatic carbocycles. The zero-order chi connectivity index (χ0) is 36.3. The molecule has 0 N–H and O–H groups in total. The van der Waals surface area contributed by atoms with Crippen LogP contribution in [0.1, 0.15) is 0 Å². The average Bonchev–Trinajstić information content (AvgIpc) is 3.83. The highest BCUT2D eigenvalue weighted by atomic mass is 16.3. The molecule has 11 aromatic rings. The second kappa shape index (κ2) is 12.6. The van der Waals surface area contributed by atoms with Gasteiger partial charge in [0.15, 0.2) is 5.58 Å². The van der Waals surface area contributed by atoms with E-state index in [1.54, 1.807) is 0 Å². The zero-order valence-corrected chi connectivity index (χ0v) is 29.8. The first-order valence-electron chi connectivity index (χ1n) is 18.7. The van der Waals surface area contributed by atoms with Crippen LogP contribution in [0.25, 0.3) is 88.0 Å². The van der Waals surface area contributed by atoms with Crippen molar-refractivity contribution in [1.82, 2.24) is 0 Å². The molecule has 0 radical (unpaired) electrons. The molecule has 3 nitrogen and oxygen atoms in total. The van der Waals surface area contributed by atoms with Crippen LogP contribution in [0.3, 0.4) is 0 Å². The van der Waals surface area contributed by atoms with E-state index in [9.17, 15) is 0 Å². The Morgan fingerprint density at radius 3 is 1.64 bits per heavy atom. The SMILES string of the molecule is c1ccc(-c2ccc3c(oc4ccccc43)c2N(c2ccc(-c3ccc4oc5ccccc5c4c3)cc2)c2ccc(-c3cccc4ccccc34)cc2)cc1. The number of para-hydroxylation sites is 2. The van der Waals surface area contributed by atoms with Crippen molar-refractivity contribution >= 4 is 71.7 Å². The molecule has 2 heterocycles. The van der Waals surface area contributed by atoms with E-state index in [1.165, 1.54) is 21.9 Å². The predicted octanol–water partition coefficient (Wildman–Crippen LogP) is 15.1. The van der Waals surface area contributed by atoms with Crippen molar-refractivity contribution in [2.75, 3.05) is 4.90 Å². The van der Waals surface area contributed by atoms with Crippen molar-refractivity contribution in [2.24, 2.45) is 0 Å². The Balaban J connectivity index is 1.11. The third kappa shape index (κ3) is 5.20. The first kappa shape index (κ1) is 31.2. The lowest BCUT2D eigenvalue weighted by Gasteiger charge is -2.28. The molecule has 0 unspecified atom stereocenters. The van der Waals surface area contributed by atoms with Gasteiger partial charge in [0.2, 0.25) is 0 Å². The van der Waals surface area contributed by atoms with Crippen LogP contribution in [0.15, 0.2) is 209 Å². The van der Waals surface area contributed by atoms with Gasteiger partial charge in [-0.1, -0.05) is 146 Å². The lowest BCUT2D eigenvalue weighted by atomic mass is 9.97. The van der Waals surface area contributed by atoms with Crippen LogP contribution in [0.2, 0.25) is 0 Å². The van der Waals surface area contributed by atoms with Gasteiger partial charge < -0.3 is 13.7 Å². The van der Waals surface area contributed by atoms with Gasteiger partial charge in [-0.25, -0.2) is 0 Å². The summed E-state index contributed by atoms with van der Waals surface area (Å²) in [5.41, 5.74) is 13.4. The van der Waals surface area contributed by atoms with Crippen LogP contribution < -0.4 is 4.90 Å². The van der Waals surface area contributed by atoms with E-state index in [-0.39, 0.29) is 0 Å². The first-order chi connectivity index (χ1) is 27.3. The summed E-state index contributed by atoms with van der Waals surface area (Å²) in [5.74, 6) is 0. The molecule has 0 aliphatic rings. The van der Waals surface area contributed by atoms with E-state index < -0.39 is 0 Å². The molecule has 3 heteroatoms. The summed E-state index contributed by atoms with van der Waals surface area (Å²) in [6.07, 6.45) is 0. The summed E-state index contributed by atoms with van der Waals surface area (Å²) in [6.45, 7) is 0. The fourth-order valence-electron chi connectivity index (χ4n) is 8.23. The van der Waals surface area contributed by atoms with Gasteiger partial charge in [0.1, 0.15) is 16.7 Å². The van der Waals surface area contributed by atoms with Gasteiger partial charge in [-0.05, 0) is 93.2 Å². The van der Waals surface area contributed by atoms with E-state index in [0.29, 0.717) is 0 Å². The Hall–Kier alpha value is -7.36. The number of hydrogen-bond acceptors (Lipinski definition) is 3. The number of rotatable bonds is 6. The molecule has 258 valence electrons. The number of fused-ring (bicyclic) bond motifs is 7. The Morgan fingerprint density at radius 2 is 0.873 bits per heavy atom. The lowest BCUT2D eigenvalue weighted by Crippen LogP contribution is -2.11. The Labute approximate surface area is 317 Å². The molecule has 0 atom stereocenters. The van der Waals surface area contributed by atoms with Gasteiger partial charge in [-0.3, -0.25) is 0 Å². The van der Waals surface area contributed by atoms with Crippen molar-refractivity contribution in [1.29, 1.82) is 0 Å². The first-order valence-corrected chi connectivity index (χ1v) is 18.7. The maximum absolute atomic E-state index is 6.82. The Kier molecular flexibility index (Phi) is 7.17. The molecule has 55 heavy (non-hydrogen) atoms. The maximum Gasteiger partial charge on any atom is 0.160 e. The Morgan fingerprint density at radius 1 is 0.309 bits per heavy atom. The van der Waals surface area contributed by atoms with Crippen molar-refractivity contribution in [2.45, 2.75) is 0 Å². The molecular formula is C52H33NO2. The summed E-state index contributed by atoms with van der Waals surface area (Å²) < 4.78 is 13.0. The molecule has 0 bridgehead atoms. The minimum absolute atomic E-state index is 0.849. The van der Waals surface area contributed by atoms with E-state index >= 15 is 0 Å². The monoisotopic (exact) mass is 703 g/mol. The van der Waals surface area contributed by atoms with Crippen molar-refractivity contribution in [3.05, 3.63) is 200 Å². The van der Waals surface area contributed by atoms with Crippen LogP contribution in [0.5, 0.6) is 0 Å². The van der Waals surface area contributed by atoms with Gasteiger partial charge in [0.05, 0.1) is 5.69 Å². The maximum atomic E-state index is 6.82. The third-order valence-corrected chi connectivity index (χ3v) is 10.9. The second-order valence-corrected chi connectivity index (χ2v) is 14.1. The summed E-state index contributed by atoms with van der Waals surface area (Å²) >= 11 is 0. The Bertz CT molecular complexity index is 3180. The molecule has 2 aromatic heterocycles. The predicted molar refractivity (Wildman–Crippen MR) is 229 cm³/mol. The van der Waals surface area contributed by atoms with E-state index in [2.05, 4.69) is 187 Å². The highest BCUT2D eigenvalue weighted by molar-refractivity contribution is 6.14. The molecule has 0 fully saturated rings. The summed E-state index contributed by atoms with van der Waals surface area (Å²) in [5, 5.41) is 6.90. The van der Waals surface area contributed by atoms with Gasteiger partial charge in [-0.2, -0.15) is 0 Å². The zero-order valence-electron chi connectivity index (χ0n) is 29.8.